The van der Waals surface area contributed by atoms with Gasteiger partial charge in [0.2, 0.25) is 0 Å². The standard InChI is InChI=1S/C9H18O4/c1-12-5-9(6-13-2)3-7(10)8(11)4-9/h7-8,10-11H,3-6H2,1-2H3. The monoisotopic (exact) mass is 190 g/mol. The highest BCUT2D eigenvalue weighted by molar-refractivity contribution is 4.94. The Balaban J connectivity index is 2.58. The van der Waals surface area contributed by atoms with Gasteiger partial charge in [0.25, 0.3) is 0 Å². The van der Waals surface area contributed by atoms with Gasteiger partial charge in [0, 0.05) is 19.6 Å². The van der Waals surface area contributed by atoms with E-state index in [2.05, 4.69) is 0 Å². The van der Waals surface area contributed by atoms with Crippen LogP contribution in [0.1, 0.15) is 12.8 Å². The van der Waals surface area contributed by atoms with Gasteiger partial charge < -0.3 is 19.7 Å². The third-order valence-electron chi connectivity index (χ3n) is 2.63. The summed E-state index contributed by atoms with van der Waals surface area (Å²) in [6.45, 7) is 1.05. The van der Waals surface area contributed by atoms with Crippen LogP contribution >= 0.6 is 0 Å². The molecule has 2 unspecified atom stereocenters. The molecule has 0 aromatic rings. The first-order valence-electron chi connectivity index (χ1n) is 4.47. The van der Waals surface area contributed by atoms with Gasteiger partial charge in [-0.05, 0) is 12.8 Å². The second-order valence-electron chi connectivity index (χ2n) is 3.91. The van der Waals surface area contributed by atoms with E-state index >= 15 is 0 Å². The Morgan fingerprint density at radius 2 is 1.46 bits per heavy atom. The minimum atomic E-state index is -0.634. The summed E-state index contributed by atoms with van der Waals surface area (Å²) in [6.07, 6.45) is -0.165. The predicted molar refractivity (Wildman–Crippen MR) is 47.4 cm³/mol. The van der Waals surface area contributed by atoms with Gasteiger partial charge in [-0.15, -0.1) is 0 Å². The van der Waals surface area contributed by atoms with Crippen molar-refractivity contribution in [3.8, 4) is 0 Å². The molecule has 4 nitrogen and oxygen atoms in total. The average Bonchev–Trinajstić information content (AvgIpc) is 2.29. The second-order valence-corrected chi connectivity index (χ2v) is 3.91. The molecule has 13 heavy (non-hydrogen) atoms. The first-order chi connectivity index (χ1) is 6.13. The largest absolute Gasteiger partial charge is 0.390 e. The van der Waals surface area contributed by atoms with E-state index < -0.39 is 12.2 Å². The molecule has 4 heteroatoms. The van der Waals surface area contributed by atoms with Crippen molar-refractivity contribution in [1.29, 1.82) is 0 Å². The molecule has 0 bridgehead atoms. The van der Waals surface area contributed by atoms with E-state index in [1.54, 1.807) is 14.2 Å². The molecule has 0 spiro atoms. The first-order valence-corrected chi connectivity index (χ1v) is 4.47. The van der Waals surface area contributed by atoms with Crippen molar-refractivity contribution < 1.29 is 19.7 Å². The molecule has 78 valence electrons. The van der Waals surface area contributed by atoms with Crippen molar-refractivity contribution in [2.24, 2.45) is 5.41 Å². The third kappa shape index (κ3) is 2.40. The van der Waals surface area contributed by atoms with Crippen LogP contribution in [0.15, 0.2) is 0 Å². The Kier molecular flexibility index (Phi) is 3.67. The zero-order chi connectivity index (χ0) is 9.90. The Bertz CT molecular complexity index is 142. The van der Waals surface area contributed by atoms with Crippen molar-refractivity contribution in [3.05, 3.63) is 0 Å². The van der Waals surface area contributed by atoms with Crippen molar-refractivity contribution in [3.63, 3.8) is 0 Å². The molecule has 0 radical (unpaired) electrons. The number of ether oxygens (including phenoxy) is 2. The van der Waals surface area contributed by atoms with Gasteiger partial charge in [-0.2, -0.15) is 0 Å². The highest BCUT2D eigenvalue weighted by Gasteiger charge is 2.44. The highest BCUT2D eigenvalue weighted by atomic mass is 16.5. The summed E-state index contributed by atoms with van der Waals surface area (Å²) in [7, 11) is 3.24. The number of hydrogen-bond acceptors (Lipinski definition) is 4. The van der Waals surface area contributed by atoms with Crippen molar-refractivity contribution >= 4 is 0 Å². The minimum Gasteiger partial charge on any atom is -0.390 e. The lowest BCUT2D eigenvalue weighted by molar-refractivity contribution is 0.00502. The minimum absolute atomic E-state index is 0.206. The van der Waals surface area contributed by atoms with Gasteiger partial charge in [0.15, 0.2) is 0 Å². The molecule has 0 aromatic heterocycles. The van der Waals surface area contributed by atoms with Gasteiger partial charge in [-0.3, -0.25) is 0 Å². The lowest BCUT2D eigenvalue weighted by Gasteiger charge is -2.26. The smallest absolute Gasteiger partial charge is 0.0806 e. The van der Waals surface area contributed by atoms with Crippen LogP contribution in [0.5, 0.6) is 0 Å². The molecule has 0 amide bonds. The summed E-state index contributed by atoms with van der Waals surface area (Å²) < 4.78 is 10.2. The van der Waals surface area contributed by atoms with E-state index in [9.17, 15) is 10.2 Å². The molecule has 1 fully saturated rings. The summed E-state index contributed by atoms with van der Waals surface area (Å²) in [6, 6.07) is 0. The van der Waals surface area contributed by atoms with Crippen molar-refractivity contribution in [2.75, 3.05) is 27.4 Å². The van der Waals surface area contributed by atoms with Gasteiger partial charge in [0.05, 0.1) is 25.4 Å². The van der Waals surface area contributed by atoms with Gasteiger partial charge in [0.1, 0.15) is 0 Å². The summed E-state index contributed by atoms with van der Waals surface area (Å²) in [5.41, 5.74) is -0.206. The van der Waals surface area contributed by atoms with Crippen LogP contribution in [0.4, 0.5) is 0 Å². The number of aliphatic hydroxyl groups is 2. The van der Waals surface area contributed by atoms with Crippen LogP contribution in [-0.2, 0) is 9.47 Å². The summed E-state index contributed by atoms with van der Waals surface area (Å²) >= 11 is 0. The molecular weight excluding hydrogens is 172 g/mol. The SMILES string of the molecule is COCC1(COC)CC(O)C(O)C1. The quantitative estimate of drug-likeness (QED) is 0.643. The van der Waals surface area contributed by atoms with E-state index in [4.69, 9.17) is 9.47 Å². The zero-order valence-corrected chi connectivity index (χ0v) is 8.19. The number of aliphatic hydroxyl groups excluding tert-OH is 2. The number of hydrogen-bond donors (Lipinski definition) is 2. The Morgan fingerprint density at radius 3 is 1.77 bits per heavy atom. The molecule has 0 aliphatic heterocycles. The van der Waals surface area contributed by atoms with Crippen LogP contribution in [-0.4, -0.2) is 49.9 Å². The van der Waals surface area contributed by atoms with Crippen molar-refractivity contribution in [1.82, 2.24) is 0 Å². The maximum atomic E-state index is 9.43. The second kappa shape index (κ2) is 4.37. The van der Waals surface area contributed by atoms with E-state index in [1.807, 2.05) is 0 Å². The van der Waals surface area contributed by atoms with E-state index in [0.29, 0.717) is 26.1 Å². The topological polar surface area (TPSA) is 58.9 Å². The summed E-state index contributed by atoms with van der Waals surface area (Å²) in [4.78, 5) is 0. The normalized spacial score (nSPS) is 32.3. The fourth-order valence-corrected chi connectivity index (χ4v) is 2.13. The van der Waals surface area contributed by atoms with Crippen LogP contribution in [0, 0.1) is 5.41 Å². The van der Waals surface area contributed by atoms with E-state index in [1.165, 1.54) is 0 Å². The lowest BCUT2D eigenvalue weighted by Crippen LogP contribution is -2.29. The van der Waals surface area contributed by atoms with E-state index in [-0.39, 0.29) is 5.41 Å². The number of rotatable bonds is 4. The Morgan fingerprint density at radius 1 is 1.08 bits per heavy atom. The molecule has 0 saturated heterocycles. The number of methoxy groups -OCH3 is 2. The third-order valence-corrected chi connectivity index (χ3v) is 2.63. The van der Waals surface area contributed by atoms with Crippen LogP contribution < -0.4 is 0 Å². The summed E-state index contributed by atoms with van der Waals surface area (Å²) in [5.74, 6) is 0. The summed E-state index contributed by atoms with van der Waals surface area (Å²) in [5, 5.41) is 18.9. The van der Waals surface area contributed by atoms with Crippen LogP contribution in [0.2, 0.25) is 0 Å². The average molecular weight is 190 g/mol. The van der Waals surface area contributed by atoms with E-state index in [0.717, 1.165) is 0 Å². The molecular formula is C9H18O4. The highest BCUT2D eigenvalue weighted by Crippen LogP contribution is 2.38. The molecule has 1 rings (SSSR count). The van der Waals surface area contributed by atoms with Gasteiger partial charge in [-0.25, -0.2) is 0 Å². The molecule has 1 aliphatic carbocycles. The molecule has 1 aliphatic rings. The Hall–Kier alpha value is -0.160. The lowest BCUT2D eigenvalue weighted by atomic mass is 9.88. The fourth-order valence-electron chi connectivity index (χ4n) is 2.13. The van der Waals surface area contributed by atoms with Crippen molar-refractivity contribution in [2.45, 2.75) is 25.0 Å². The molecule has 0 heterocycles. The Labute approximate surface area is 78.5 Å². The molecule has 2 N–H and O–H groups in total. The maximum Gasteiger partial charge on any atom is 0.0806 e. The fraction of sp³-hybridized carbons (Fsp3) is 1.00. The van der Waals surface area contributed by atoms with Crippen LogP contribution in [0.3, 0.4) is 0 Å². The zero-order valence-electron chi connectivity index (χ0n) is 8.19. The first kappa shape index (κ1) is 10.9. The van der Waals surface area contributed by atoms with Gasteiger partial charge in [-0.1, -0.05) is 0 Å². The van der Waals surface area contributed by atoms with Gasteiger partial charge >= 0.3 is 0 Å². The molecule has 2 atom stereocenters. The molecule has 0 aromatic carbocycles. The molecule has 1 saturated carbocycles. The van der Waals surface area contributed by atoms with Crippen LogP contribution in [0.25, 0.3) is 0 Å². The maximum absolute atomic E-state index is 9.43. The predicted octanol–water partition coefficient (Wildman–Crippen LogP) is -0.219.